The highest BCUT2D eigenvalue weighted by Gasteiger charge is 2.11. The van der Waals surface area contributed by atoms with Gasteiger partial charge in [0.05, 0.1) is 5.02 Å². The lowest BCUT2D eigenvalue weighted by Crippen LogP contribution is -2.23. The summed E-state index contributed by atoms with van der Waals surface area (Å²) in [6.45, 7) is 1.23. The third kappa shape index (κ3) is 6.60. The molecule has 0 fully saturated rings. The Morgan fingerprint density at radius 1 is 1.26 bits per heavy atom. The summed E-state index contributed by atoms with van der Waals surface area (Å²) in [6, 6.07) is 7.79. The van der Waals surface area contributed by atoms with E-state index in [4.69, 9.17) is 16.3 Å². The first-order valence-electron chi connectivity index (χ1n) is 8.33. The second kappa shape index (κ2) is 9.97. The van der Waals surface area contributed by atoms with Gasteiger partial charge in [0.15, 0.2) is 0 Å². The molecule has 1 aromatic carbocycles. The molecule has 0 spiro atoms. The number of ether oxygens (including phenoxy) is 1. The van der Waals surface area contributed by atoms with Crippen LogP contribution in [-0.4, -0.2) is 29.7 Å². The number of pyridine rings is 1. The molecule has 1 amide bonds. The smallest absolute Gasteiger partial charge is 0.272 e. The quantitative estimate of drug-likeness (QED) is 0.699. The molecule has 0 unspecified atom stereocenters. The van der Waals surface area contributed by atoms with Gasteiger partial charge in [-0.05, 0) is 29.8 Å². The van der Waals surface area contributed by atoms with Crippen LogP contribution in [0.4, 0.5) is 8.78 Å². The van der Waals surface area contributed by atoms with Crippen LogP contribution in [0.5, 0.6) is 5.75 Å². The number of carbonyl (C=O) groups is 2. The molecular formula is C19H19ClF2N2O3. The van der Waals surface area contributed by atoms with Crippen molar-refractivity contribution in [3.05, 3.63) is 58.4 Å². The number of nitrogens with zero attached hydrogens (tertiary/aromatic N) is 1. The number of nitrogens with one attached hydrogen (secondary N) is 1. The minimum Gasteiger partial charge on any atom is -0.486 e. The average molecular weight is 397 g/mol. The third-order valence-electron chi connectivity index (χ3n) is 3.67. The molecule has 2 rings (SSSR count). The summed E-state index contributed by atoms with van der Waals surface area (Å²) < 4.78 is 29.3. The molecule has 0 aliphatic carbocycles. The van der Waals surface area contributed by atoms with Crippen molar-refractivity contribution < 1.29 is 23.1 Å². The number of ketones is 1. The lowest BCUT2D eigenvalue weighted by molar-refractivity contribution is -0.118. The number of alkyl halides is 2. The number of rotatable bonds is 9. The lowest BCUT2D eigenvalue weighted by atomic mass is 10.1. The molecule has 8 heteroatoms. The summed E-state index contributed by atoms with van der Waals surface area (Å²) in [6.07, 6.45) is -0.500. The Bertz CT molecular complexity index is 815. The number of Topliss-reactive ketones (excluding diaryl/α,β-unsaturated/α-hetero) is 1. The SMILES string of the molecule is CCC(=O)Cc1cc(C(=O)NCc2ccc(OCC(F)F)c(Cl)c2)ccn1. The van der Waals surface area contributed by atoms with E-state index >= 15 is 0 Å². The van der Waals surface area contributed by atoms with Crippen LogP contribution in [0.1, 0.15) is 35.0 Å². The van der Waals surface area contributed by atoms with Crippen molar-refractivity contribution in [1.82, 2.24) is 10.3 Å². The molecule has 0 saturated heterocycles. The van der Waals surface area contributed by atoms with E-state index in [-0.39, 0.29) is 35.4 Å². The predicted molar refractivity (Wildman–Crippen MR) is 97.4 cm³/mol. The van der Waals surface area contributed by atoms with Gasteiger partial charge in [-0.1, -0.05) is 24.6 Å². The molecule has 1 aromatic heterocycles. The Balaban J connectivity index is 1.96. The number of hydrogen-bond acceptors (Lipinski definition) is 4. The zero-order valence-corrected chi connectivity index (χ0v) is 15.4. The van der Waals surface area contributed by atoms with E-state index in [1.165, 1.54) is 12.3 Å². The maximum absolute atomic E-state index is 12.3. The van der Waals surface area contributed by atoms with E-state index in [0.29, 0.717) is 23.2 Å². The highest BCUT2D eigenvalue weighted by atomic mass is 35.5. The average Bonchev–Trinajstić information content (AvgIpc) is 2.65. The monoisotopic (exact) mass is 396 g/mol. The minimum absolute atomic E-state index is 0.0452. The maximum atomic E-state index is 12.3. The first kappa shape index (κ1) is 20.8. The van der Waals surface area contributed by atoms with Crippen LogP contribution < -0.4 is 10.1 Å². The van der Waals surface area contributed by atoms with Gasteiger partial charge < -0.3 is 10.1 Å². The number of aromatic nitrogens is 1. The molecule has 5 nitrogen and oxygen atoms in total. The number of hydrogen-bond donors (Lipinski definition) is 1. The summed E-state index contributed by atoms with van der Waals surface area (Å²) in [4.78, 5) is 27.9. The fourth-order valence-electron chi connectivity index (χ4n) is 2.25. The Labute approximate surface area is 160 Å². The van der Waals surface area contributed by atoms with Gasteiger partial charge in [-0.15, -0.1) is 0 Å². The van der Waals surface area contributed by atoms with E-state index in [1.54, 1.807) is 31.2 Å². The van der Waals surface area contributed by atoms with Crippen LogP contribution in [0.25, 0.3) is 0 Å². The van der Waals surface area contributed by atoms with Gasteiger partial charge in [0.25, 0.3) is 12.3 Å². The van der Waals surface area contributed by atoms with E-state index < -0.39 is 13.0 Å². The van der Waals surface area contributed by atoms with Crippen LogP contribution in [-0.2, 0) is 17.8 Å². The molecule has 144 valence electrons. The van der Waals surface area contributed by atoms with Crippen molar-refractivity contribution in [1.29, 1.82) is 0 Å². The van der Waals surface area contributed by atoms with E-state index in [9.17, 15) is 18.4 Å². The Hall–Kier alpha value is -2.54. The van der Waals surface area contributed by atoms with Crippen molar-refractivity contribution in [2.45, 2.75) is 32.7 Å². The highest BCUT2D eigenvalue weighted by molar-refractivity contribution is 6.32. The summed E-state index contributed by atoms with van der Waals surface area (Å²) in [5.74, 6) is -0.119. The first-order chi connectivity index (χ1) is 12.9. The fourth-order valence-corrected chi connectivity index (χ4v) is 2.51. The van der Waals surface area contributed by atoms with Crippen LogP contribution in [0, 0.1) is 0 Å². The highest BCUT2D eigenvalue weighted by Crippen LogP contribution is 2.25. The third-order valence-corrected chi connectivity index (χ3v) is 3.96. The molecule has 27 heavy (non-hydrogen) atoms. The Morgan fingerprint density at radius 3 is 2.70 bits per heavy atom. The van der Waals surface area contributed by atoms with E-state index in [2.05, 4.69) is 10.3 Å². The van der Waals surface area contributed by atoms with Crippen LogP contribution in [0.3, 0.4) is 0 Å². The molecule has 1 heterocycles. The molecule has 0 radical (unpaired) electrons. The zero-order chi connectivity index (χ0) is 19.8. The van der Waals surface area contributed by atoms with Gasteiger partial charge in [-0.3, -0.25) is 14.6 Å². The molecule has 0 bridgehead atoms. The van der Waals surface area contributed by atoms with Crippen molar-refractivity contribution in [2.24, 2.45) is 0 Å². The van der Waals surface area contributed by atoms with Gasteiger partial charge in [0.1, 0.15) is 18.1 Å². The van der Waals surface area contributed by atoms with Crippen molar-refractivity contribution in [2.75, 3.05) is 6.61 Å². The van der Waals surface area contributed by atoms with Gasteiger partial charge in [-0.2, -0.15) is 0 Å². The number of halogens is 3. The molecule has 2 aromatic rings. The van der Waals surface area contributed by atoms with Crippen LogP contribution in [0.15, 0.2) is 36.5 Å². The predicted octanol–water partition coefficient (Wildman–Crippen LogP) is 3.83. The van der Waals surface area contributed by atoms with Crippen molar-refractivity contribution in [3.8, 4) is 5.75 Å². The molecule has 1 N–H and O–H groups in total. The summed E-state index contributed by atoms with van der Waals surface area (Å²) in [5, 5.41) is 2.92. The van der Waals surface area contributed by atoms with E-state index in [1.807, 2.05) is 0 Å². The van der Waals surface area contributed by atoms with Gasteiger partial charge >= 0.3 is 0 Å². The Morgan fingerprint density at radius 2 is 2.04 bits per heavy atom. The largest absolute Gasteiger partial charge is 0.486 e. The fraction of sp³-hybridized carbons (Fsp3) is 0.316. The lowest BCUT2D eigenvalue weighted by Gasteiger charge is -2.10. The number of benzene rings is 1. The molecule has 0 aliphatic heterocycles. The molecule has 0 saturated carbocycles. The number of amides is 1. The minimum atomic E-state index is -2.59. The second-order valence-electron chi connectivity index (χ2n) is 5.75. The van der Waals surface area contributed by atoms with Gasteiger partial charge in [-0.25, -0.2) is 8.78 Å². The molecule has 0 atom stereocenters. The first-order valence-corrected chi connectivity index (χ1v) is 8.71. The van der Waals surface area contributed by atoms with Crippen LogP contribution >= 0.6 is 11.6 Å². The zero-order valence-electron chi connectivity index (χ0n) is 14.7. The van der Waals surface area contributed by atoms with Crippen molar-refractivity contribution in [3.63, 3.8) is 0 Å². The molecular weight excluding hydrogens is 378 g/mol. The summed E-state index contributed by atoms with van der Waals surface area (Å²) >= 11 is 6.01. The topological polar surface area (TPSA) is 68.3 Å². The van der Waals surface area contributed by atoms with E-state index in [0.717, 1.165) is 0 Å². The maximum Gasteiger partial charge on any atom is 0.272 e. The van der Waals surface area contributed by atoms with Gasteiger partial charge in [0.2, 0.25) is 0 Å². The Kier molecular flexibility index (Phi) is 7.67. The normalized spacial score (nSPS) is 10.7. The second-order valence-corrected chi connectivity index (χ2v) is 6.16. The summed E-state index contributed by atoms with van der Waals surface area (Å²) in [7, 11) is 0. The van der Waals surface area contributed by atoms with Crippen LogP contribution in [0.2, 0.25) is 5.02 Å². The number of carbonyl (C=O) groups excluding carboxylic acids is 2. The standard InChI is InChI=1S/C19H19ClF2N2O3/c1-2-15(25)9-14-8-13(5-6-23-14)19(26)24-10-12-3-4-17(16(20)7-12)27-11-18(21)22/h3-8,18H,2,9-11H2,1H3,(H,24,26). The van der Waals surface area contributed by atoms with Crippen molar-refractivity contribution >= 4 is 23.3 Å². The van der Waals surface area contributed by atoms with Gasteiger partial charge in [0, 0.05) is 36.8 Å². The summed E-state index contributed by atoms with van der Waals surface area (Å²) in [5.41, 5.74) is 1.62. The molecule has 0 aliphatic rings.